The molecule has 8 heteroatoms. The monoisotopic (exact) mass is 387 g/mol. The van der Waals surface area contributed by atoms with E-state index in [4.69, 9.17) is 18.9 Å². The Bertz CT molecular complexity index is 910. The molecule has 0 aromatic heterocycles. The number of benzene rings is 2. The molecule has 28 heavy (non-hydrogen) atoms. The fourth-order valence-corrected chi connectivity index (χ4v) is 3.08. The van der Waals surface area contributed by atoms with E-state index in [0.29, 0.717) is 12.2 Å². The number of anilines is 1. The van der Waals surface area contributed by atoms with Crippen molar-refractivity contribution in [3.05, 3.63) is 41.5 Å². The van der Waals surface area contributed by atoms with Gasteiger partial charge >= 0.3 is 5.97 Å². The van der Waals surface area contributed by atoms with Gasteiger partial charge < -0.3 is 29.4 Å². The van der Waals surface area contributed by atoms with E-state index in [1.54, 1.807) is 13.2 Å². The van der Waals surface area contributed by atoms with Crippen molar-refractivity contribution >= 4 is 17.6 Å². The zero-order chi connectivity index (χ0) is 20.3. The van der Waals surface area contributed by atoms with Crippen LogP contribution in [0, 0.1) is 5.92 Å². The Labute approximate surface area is 162 Å². The average molecular weight is 387 g/mol. The SMILES string of the molecule is COc1ccc2c(c1)CC(C(=O)Nc1cc(C(=O)O)cc(OC)c1OC)CO2. The fourth-order valence-electron chi connectivity index (χ4n) is 3.08. The number of rotatable bonds is 6. The molecule has 3 rings (SSSR count). The summed E-state index contributed by atoms with van der Waals surface area (Å²) in [5.74, 6) is -0.0353. The Morgan fingerprint density at radius 2 is 1.89 bits per heavy atom. The predicted octanol–water partition coefficient (Wildman–Crippen LogP) is 2.60. The quantitative estimate of drug-likeness (QED) is 0.785. The van der Waals surface area contributed by atoms with Gasteiger partial charge in [-0.15, -0.1) is 0 Å². The van der Waals surface area contributed by atoms with E-state index in [1.807, 2.05) is 12.1 Å². The van der Waals surface area contributed by atoms with Gasteiger partial charge in [-0.2, -0.15) is 0 Å². The third-order valence-electron chi connectivity index (χ3n) is 4.53. The van der Waals surface area contributed by atoms with E-state index < -0.39 is 11.9 Å². The number of fused-ring (bicyclic) bond motifs is 1. The molecule has 1 atom stereocenters. The first-order valence-corrected chi connectivity index (χ1v) is 8.56. The number of carboxylic acids is 1. The van der Waals surface area contributed by atoms with Crippen LogP contribution in [0.5, 0.6) is 23.0 Å². The maximum Gasteiger partial charge on any atom is 0.335 e. The largest absolute Gasteiger partial charge is 0.497 e. The van der Waals surface area contributed by atoms with Crippen molar-refractivity contribution < 1.29 is 33.6 Å². The topological polar surface area (TPSA) is 103 Å². The second-order valence-corrected chi connectivity index (χ2v) is 6.24. The van der Waals surface area contributed by atoms with Crippen molar-refractivity contribution in [2.75, 3.05) is 33.3 Å². The number of methoxy groups -OCH3 is 3. The third kappa shape index (κ3) is 3.80. The van der Waals surface area contributed by atoms with Crippen LogP contribution in [-0.2, 0) is 11.2 Å². The van der Waals surface area contributed by atoms with Crippen LogP contribution in [0.25, 0.3) is 0 Å². The van der Waals surface area contributed by atoms with Crippen LogP contribution in [0.15, 0.2) is 30.3 Å². The van der Waals surface area contributed by atoms with Gasteiger partial charge in [-0.3, -0.25) is 4.79 Å². The molecule has 148 valence electrons. The molecule has 0 spiro atoms. The Balaban J connectivity index is 1.84. The summed E-state index contributed by atoms with van der Waals surface area (Å²) in [6.07, 6.45) is 0.469. The Morgan fingerprint density at radius 1 is 1.11 bits per heavy atom. The molecule has 0 saturated heterocycles. The summed E-state index contributed by atoms with van der Waals surface area (Å²) in [6.45, 7) is 0.212. The van der Waals surface area contributed by atoms with Crippen LogP contribution in [0.3, 0.4) is 0 Å². The summed E-state index contributed by atoms with van der Waals surface area (Å²) in [4.78, 5) is 24.2. The van der Waals surface area contributed by atoms with Gasteiger partial charge in [-0.1, -0.05) is 0 Å². The molecular formula is C20H21NO7. The Kier molecular flexibility index (Phi) is 5.58. The molecular weight excluding hydrogens is 366 g/mol. The first-order valence-electron chi connectivity index (χ1n) is 8.56. The Hall–Kier alpha value is -3.42. The second kappa shape index (κ2) is 8.08. The molecule has 0 aliphatic carbocycles. The molecule has 0 saturated carbocycles. The molecule has 0 fully saturated rings. The first kappa shape index (κ1) is 19.3. The molecule has 1 aliphatic rings. The maximum atomic E-state index is 12.8. The van der Waals surface area contributed by atoms with E-state index in [2.05, 4.69) is 5.32 Å². The summed E-state index contributed by atoms with van der Waals surface area (Å²) >= 11 is 0. The normalized spacial score (nSPS) is 15.0. The van der Waals surface area contributed by atoms with Gasteiger partial charge in [0.25, 0.3) is 0 Å². The third-order valence-corrected chi connectivity index (χ3v) is 4.53. The number of hydrogen-bond donors (Lipinski definition) is 2. The minimum Gasteiger partial charge on any atom is -0.497 e. The zero-order valence-electron chi connectivity index (χ0n) is 15.8. The maximum absolute atomic E-state index is 12.8. The number of carbonyl (C=O) groups is 2. The lowest BCUT2D eigenvalue weighted by atomic mass is 9.95. The molecule has 1 amide bonds. The van der Waals surface area contributed by atoms with Gasteiger partial charge in [0.2, 0.25) is 5.91 Å². The standard InChI is InChI=1S/C20H21NO7/c1-25-14-4-5-16-11(7-14)6-13(10-28-16)19(22)21-15-8-12(20(23)24)9-17(26-2)18(15)27-3/h4-5,7-9,13H,6,10H2,1-3H3,(H,21,22)(H,23,24). The van der Waals surface area contributed by atoms with Crippen LogP contribution in [-0.4, -0.2) is 44.9 Å². The number of amides is 1. The summed E-state index contributed by atoms with van der Waals surface area (Å²) < 4.78 is 21.4. The van der Waals surface area contributed by atoms with Crippen molar-refractivity contribution in [2.24, 2.45) is 5.92 Å². The lowest BCUT2D eigenvalue weighted by molar-refractivity contribution is -0.121. The number of carbonyl (C=O) groups excluding carboxylic acids is 1. The van der Waals surface area contributed by atoms with Gasteiger partial charge in [0, 0.05) is 0 Å². The van der Waals surface area contributed by atoms with E-state index in [9.17, 15) is 14.7 Å². The van der Waals surface area contributed by atoms with Gasteiger partial charge in [-0.05, 0) is 42.3 Å². The van der Waals surface area contributed by atoms with E-state index in [0.717, 1.165) is 11.3 Å². The summed E-state index contributed by atoms with van der Waals surface area (Å²) in [5, 5.41) is 12.0. The van der Waals surface area contributed by atoms with Crippen LogP contribution in [0.1, 0.15) is 15.9 Å². The highest BCUT2D eigenvalue weighted by atomic mass is 16.5. The van der Waals surface area contributed by atoms with Crippen LogP contribution >= 0.6 is 0 Å². The number of ether oxygens (including phenoxy) is 4. The summed E-state index contributed by atoms with van der Waals surface area (Å²) in [5.41, 5.74) is 1.07. The molecule has 2 N–H and O–H groups in total. The minimum absolute atomic E-state index is 0.0251. The first-order chi connectivity index (χ1) is 13.5. The van der Waals surface area contributed by atoms with E-state index in [-0.39, 0.29) is 35.3 Å². The van der Waals surface area contributed by atoms with Crippen LogP contribution in [0.4, 0.5) is 5.69 Å². The average Bonchev–Trinajstić information content (AvgIpc) is 2.71. The molecule has 1 aliphatic heterocycles. The highest BCUT2D eigenvalue weighted by Crippen LogP contribution is 2.37. The lowest BCUT2D eigenvalue weighted by Crippen LogP contribution is -2.32. The van der Waals surface area contributed by atoms with Crippen LogP contribution < -0.4 is 24.3 Å². The van der Waals surface area contributed by atoms with Gasteiger partial charge in [0.15, 0.2) is 11.5 Å². The fraction of sp³-hybridized carbons (Fsp3) is 0.300. The van der Waals surface area contributed by atoms with E-state index in [1.165, 1.54) is 26.4 Å². The van der Waals surface area contributed by atoms with Gasteiger partial charge in [0.05, 0.1) is 38.5 Å². The lowest BCUT2D eigenvalue weighted by Gasteiger charge is -2.25. The van der Waals surface area contributed by atoms with Crippen molar-refractivity contribution in [1.82, 2.24) is 0 Å². The molecule has 1 unspecified atom stereocenters. The molecule has 2 aromatic rings. The molecule has 8 nitrogen and oxygen atoms in total. The highest BCUT2D eigenvalue weighted by Gasteiger charge is 2.28. The molecule has 0 bridgehead atoms. The molecule has 1 heterocycles. The zero-order valence-corrected chi connectivity index (χ0v) is 15.8. The van der Waals surface area contributed by atoms with Crippen molar-refractivity contribution in [1.29, 1.82) is 0 Å². The van der Waals surface area contributed by atoms with Gasteiger partial charge in [0.1, 0.15) is 18.1 Å². The van der Waals surface area contributed by atoms with Crippen molar-refractivity contribution in [3.8, 4) is 23.0 Å². The number of aromatic carboxylic acids is 1. The highest BCUT2D eigenvalue weighted by molar-refractivity contribution is 5.98. The van der Waals surface area contributed by atoms with Crippen molar-refractivity contribution in [3.63, 3.8) is 0 Å². The smallest absolute Gasteiger partial charge is 0.335 e. The summed E-state index contributed by atoms with van der Waals surface area (Å²) in [6, 6.07) is 8.12. The minimum atomic E-state index is -1.14. The second-order valence-electron chi connectivity index (χ2n) is 6.24. The number of nitrogens with one attached hydrogen (secondary N) is 1. The van der Waals surface area contributed by atoms with Crippen molar-refractivity contribution in [2.45, 2.75) is 6.42 Å². The summed E-state index contributed by atoms with van der Waals surface area (Å²) in [7, 11) is 4.39. The molecule has 2 aromatic carbocycles. The number of hydrogen-bond acceptors (Lipinski definition) is 6. The van der Waals surface area contributed by atoms with E-state index >= 15 is 0 Å². The molecule has 0 radical (unpaired) electrons. The number of carboxylic acid groups (broad SMARTS) is 1. The predicted molar refractivity (Wildman–Crippen MR) is 101 cm³/mol. The van der Waals surface area contributed by atoms with Gasteiger partial charge in [-0.25, -0.2) is 4.79 Å². The van der Waals surface area contributed by atoms with Crippen LogP contribution in [0.2, 0.25) is 0 Å². The Morgan fingerprint density at radius 3 is 2.54 bits per heavy atom.